The number of hydrogen-bond donors (Lipinski definition) is 5. The first-order chi connectivity index (χ1) is 21.5. The standard InChI is InChI=1S/C31H27N7O7/c1-15-8-16(3-5-20(15)31(44)45)12-34-30(43)22-10-21(35-23-11-24(39)36-38(22)23)29(42)33-13-17-2-4-18-6-7-37(14-19(18)9-17)26-25(32)27(40)28(26)41/h2-5,8-11H,6-7,12-14,32H2,1H3,(H,33,42)(H,34,43)(H,36,39)(H,44,45). The highest BCUT2D eigenvalue weighted by Crippen LogP contribution is 2.26. The smallest absolute Gasteiger partial charge is 0.335 e. The fourth-order valence-electron chi connectivity index (χ4n) is 5.52. The summed E-state index contributed by atoms with van der Waals surface area (Å²) in [5.41, 5.74) is 8.37. The second-order valence-electron chi connectivity index (χ2n) is 10.9. The molecule has 14 nitrogen and oxygen atoms in total. The van der Waals surface area contributed by atoms with E-state index >= 15 is 0 Å². The number of nitrogens with one attached hydrogen (secondary N) is 3. The Labute approximate surface area is 253 Å². The first kappa shape index (κ1) is 29.0. The van der Waals surface area contributed by atoms with E-state index in [1.165, 1.54) is 22.7 Å². The number of rotatable bonds is 8. The van der Waals surface area contributed by atoms with Crippen molar-refractivity contribution in [2.45, 2.75) is 33.0 Å². The molecule has 6 rings (SSSR count). The first-order valence-electron chi connectivity index (χ1n) is 14.0. The number of nitrogens with two attached hydrogens (primary N) is 1. The minimum atomic E-state index is -1.05. The third kappa shape index (κ3) is 5.44. The van der Waals surface area contributed by atoms with Crippen LogP contribution in [-0.2, 0) is 26.1 Å². The van der Waals surface area contributed by atoms with E-state index in [0.717, 1.165) is 16.7 Å². The van der Waals surface area contributed by atoms with Crippen molar-refractivity contribution < 1.29 is 19.5 Å². The van der Waals surface area contributed by atoms with Crippen LogP contribution < -0.4 is 37.7 Å². The zero-order valence-corrected chi connectivity index (χ0v) is 24.0. The first-order valence-corrected chi connectivity index (χ1v) is 14.0. The molecule has 14 heteroatoms. The highest BCUT2D eigenvalue weighted by atomic mass is 16.4. The van der Waals surface area contributed by atoms with Gasteiger partial charge in [-0.15, -0.1) is 0 Å². The van der Waals surface area contributed by atoms with Crippen molar-refractivity contribution in [3.8, 4) is 0 Å². The fourth-order valence-corrected chi connectivity index (χ4v) is 5.52. The highest BCUT2D eigenvalue weighted by molar-refractivity contribution is 5.98. The SMILES string of the molecule is Cc1cc(CNC(=O)c2cc(C(=O)NCc3ccc4c(c3)CN(c3c(N)c(=O)c3=O)CC4)nc3cc(=O)[nH]n23)ccc1C(=O)O. The van der Waals surface area contributed by atoms with Crippen LogP contribution in [0.4, 0.5) is 11.4 Å². The van der Waals surface area contributed by atoms with Crippen LogP contribution in [0.1, 0.15) is 59.2 Å². The maximum absolute atomic E-state index is 13.2. The van der Waals surface area contributed by atoms with Gasteiger partial charge in [0.15, 0.2) is 5.65 Å². The van der Waals surface area contributed by atoms with Gasteiger partial charge in [0.25, 0.3) is 28.2 Å². The maximum atomic E-state index is 13.2. The van der Waals surface area contributed by atoms with E-state index in [-0.39, 0.29) is 47.1 Å². The van der Waals surface area contributed by atoms with Gasteiger partial charge in [-0.1, -0.05) is 30.3 Å². The van der Waals surface area contributed by atoms with Gasteiger partial charge < -0.3 is 26.4 Å². The Morgan fingerprint density at radius 3 is 2.36 bits per heavy atom. The number of carbonyl (C=O) groups excluding carboxylic acids is 2. The number of aromatic nitrogens is 3. The molecule has 3 aromatic carbocycles. The molecule has 45 heavy (non-hydrogen) atoms. The lowest BCUT2D eigenvalue weighted by Crippen LogP contribution is -2.44. The number of carboxylic acid groups (broad SMARTS) is 1. The van der Waals surface area contributed by atoms with Crippen molar-refractivity contribution in [2.75, 3.05) is 17.2 Å². The van der Waals surface area contributed by atoms with Crippen molar-refractivity contribution in [2.24, 2.45) is 0 Å². The number of H-pyrrole nitrogens is 1. The second kappa shape index (κ2) is 11.2. The number of aromatic amines is 1. The van der Waals surface area contributed by atoms with E-state index in [2.05, 4.69) is 20.7 Å². The molecule has 0 radical (unpaired) electrons. The number of aromatic carboxylic acids is 1. The summed E-state index contributed by atoms with van der Waals surface area (Å²) in [4.78, 5) is 79.4. The number of nitrogens with zero attached hydrogens (tertiary/aromatic N) is 3. The summed E-state index contributed by atoms with van der Waals surface area (Å²) < 4.78 is 1.19. The molecule has 5 aromatic rings. The van der Waals surface area contributed by atoms with E-state index in [9.17, 15) is 33.9 Å². The lowest BCUT2D eigenvalue weighted by molar-refractivity contribution is 0.0695. The molecule has 0 atom stereocenters. The third-order valence-corrected chi connectivity index (χ3v) is 7.87. The van der Waals surface area contributed by atoms with Gasteiger partial charge in [0.2, 0.25) is 0 Å². The fraction of sp³-hybridized carbons (Fsp3) is 0.194. The number of benzene rings is 2. The van der Waals surface area contributed by atoms with Gasteiger partial charge in [-0.2, -0.15) is 0 Å². The average Bonchev–Trinajstić information content (AvgIpc) is 3.41. The van der Waals surface area contributed by atoms with Crippen LogP contribution in [0, 0.1) is 6.92 Å². The van der Waals surface area contributed by atoms with E-state index in [4.69, 9.17) is 5.73 Å². The average molecular weight is 610 g/mol. The number of nitrogen functional groups attached to an aromatic ring is 1. The molecular formula is C31H27N7O7. The summed E-state index contributed by atoms with van der Waals surface area (Å²) >= 11 is 0. The van der Waals surface area contributed by atoms with Crippen LogP contribution in [-0.4, -0.2) is 44.0 Å². The van der Waals surface area contributed by atoms with Crippen molar-refractivity contribution >= 4 is 34.8 Å². The lowest BCUT2D eigenvalue weighted by atomic mass is 9.96. The molecule has 0 fully saturated rings. The summed E-state index contributed by atoms with van der Waals surface area (Å²) in [6.45, 7) is 2.81. The molecule has 3 heterocycles. The van der Waals surface area contributed by atoms with E-state index in [1.807, 2.05) is 18.2 Å². The van der Waals surface area contributed by atoms with Crippen molar-refractivity contribution in [3.05, 3.63) is 124 Å². The number of amides is 2. The molecule has 0 aliphatic carbocycles. The largest absolute Gasteiger partial charge is 0.478 e. The van der Waals surface area contributed by atoms with Crippen molar-refractivity contribution in [1.82, 2.24) is 25.2 Å². The van der Waals surface area contributed by atoms with Gasteiger partial charge in [-0.3, -0.25) is 29.1 Å². The Kier molecular flexibility index (Phi) is 7.24. The lowest BCUT2D eigenvalue weighted by Gasteiger charge is -2.32. The number of carbonyl (C=O) groups is 3. The van der Waals surface area contributed by atoms with Crippen LogP contribution in [0.2, 0.25) is 0 Å². The third-order valence-electron chi connectivity index (χ3n) is 7.87. The molecular weight excluding hydrogens is 582 g/mol. The van der Waals surface area contributed by atoms with E-state index in [0.29, 0.717) is 30.6 Å². The normalized spacial score (nSPS) is 12.7. The highest BCUT2D eigenvalue weighted by Gasteiger charge is 2.27. The number of anilines is 2. The van der Waals surface area contributed by atoms with Gasteiger partial charge in [0.05, 0.1) is 5.56 Å². The van der Waals surface area contributed by atoms with Crippen LogP contribution in [0.5, 0.6) is 0 Å². The molecule has 228 valence electrons. The maximum Gasteiger partial charge on any atom is 0.335 e. The molecule has 2 amide bonds. The summed E-state index contributed by atoms with van der Waals surface area (Å²) in [5, 5.41) is 17.3. The summed E-state index contributed by atoms with van der Waals surface area (Å²) in [6.07, 6.45) is 0.665. The molecule has 0 unspecified atom stereocenters. The Morgan fingerprint density at radius 2 is 1.64 bits per heavy atom. The predicted octanol–water partition coefficient (Wildman–Crippen LogP) is 0.630. The zero-order chi connectivity index (χ0) is 32.0. The quantitative estimate of drug-likeness (QED) is 0.155. The van der Waals surface area contributed by atoms with Crippen molar-refractivity contribution in [1.29, 1.82) is 0 Å². The number of fused-ring (bicyclic) bond motifs is 2. The Morgan fingerprint density at radius 1 is 0.933 bits per heavy atom. The number of hydrogen-bond acceptors (Lipinski definition) is 9. The van der Waals surface area contributed by atoms with Gasteiger partial charge in [0.1, 0.15) is 22.8 Å². The van der Waals surface area contributed by atoms with Crippen molar-refractivity contribution in [3.63, 3.8) is 0 Å². The van der Waals surface area contributed by atoms with E-state index in [1.54, 1.807) is 24.0 Å². The molecule has 1 aliphatic rings. The minimum Gasteiger partial charge on any atom is -0.478 e. The number of aryl methyl sites for hydroxylation is 1. The van der Waals surface area contributed by atoms with Crippen LogP contribution in [0.15, 0.2) is 62.9 Å². The number of carboxylic acids is 1. The zero-order valence-electron chi connectivity index (χ0n) is 24.0. The van der Waals surface area contributed by atoms with E-state index < -0.39 is 34.2 Å². The predicted molar refractivity (Wildman–Crippen MR) is 163 cm³/mol. The Balaban J connectivity index is 1.17. The molecule has 0 bridgehead atoms. The minimum absolute atomic E-state index is 0.0152. The molecule has 1 aliphatic heterocycles. The molecule has 2 aromatic heterocycles. The molecule has 6 N–H and O–H groups in total. The van der Waals surface area contributed by atoms with Gasteiger partial charge in [-0.25, -0.2) is 14.3 Å². The monoisotopic (exact) mass is 609 g/mol. The van der Waals surface area contributed by atoms with Crippen LogP contribution >= 0.6 is 0 Å². The van der Waals surface area contributed by atoms with Crippen LogP contribution in [0.25, 0.3) is 5.65 Å². The van der Waals surface area contributed by atoms with Crippen LogP contribution in [0.3, 0.4) is 0 Å². The van der Waals surface area contributed by atoms with Gasteiger partial charge >= 0.3 is 5.97 Å². The Bertz CT molecular complexity index is 2170. The summed E-state index contributed by atoms with van der Waals surface area (Å²) in [7, 11) is 0. The summed E-state index contributed by atoms with van der Waals surface area (Å²) in [5.74, 6) is -2.22. The molecule has 0 spiro atoms. The summed E-state index contributed by atoms with van der Waals surface area (Å²) in [6, 6.07) is 12.9. The second-order valence-corrected chi connectivity index (χ2v) is 10.9. The van der Waals surface area contributed by atoms with Gasteiger partial charge in [-0.05, 0) is 47.2 Å². The topological polar surface area (TPSA) is 209 Å². The molecule has 0 saturated carbocycles. The van der Waals surface area contributed by atoms with Gasteiger partial charge in [0, 0.05) is 38.3 Å². The Hall–Kier alpha value is -6.05. The molecule has 0 saturated heterocycles.